The van der Waals surface area contributed by atoms with Gasteiger partial charge in [0.2, 0.25) is 0 Å². The summed E-state index contributed by atoms with van der Waals surface area (Å²) in [4.78, 5) is 15.2. The fourth-order valence-electron chi connectivity index (χ4n) is 9.07. The van der Waals surface area contributed by atoms with Crippen LogP contribution in [0.25, 0.3) is 127 Å². The Bertz CT molecular complexity index is 3860. The molecule has 59 heavy (non-hydrogen) atoms. The number of fused-ring (bicyclic) bond motifs is 12. The third kappa shape index (κ3) is 4.84. The third-order valence-electron chi connectivity index (χ3n) is 11.8. The van der Waals surface area contributed by atoms with Crippen molar-refractivity contribution >= 4 is 87.2 Å². The Hall–Kier alpha value is -8.09. The Labute approximate surface area is 336 Å². The van der Waals surface area contributed by atoms with E-state index in [1.165, 1.54) is 32.6 Å². The topological polar surface area (TPSA) is 69.9 Å². The molecule has 0 aliphatic carbocycles. The lowest BCUT2D eigenvalue weighted by atomic mass is 10.0. The zero-order valence-corrected chi connectivity index (χ0v) is 31.4. The molecular weight excluding hydrogens is 725 g/mol. The van der Waals surface area contributed by atoms with Crippen molar-refractivity contribution in [2.75, 3.05) is 0 Å². The van der Waals surface area contributed by atoms with Crippen LogP contribution in [0.1, 0.15) is 0 Å². The van der Waals surface area contributed by atoms with Gasteiger partial charge in [-0.25, -0.2) is 15.0 Å². The molecule has 0 fully saturated rings. The smallest absolute Gasteiger partial charge is 0.167 e. The molecule has 4 aromatic heterocycles. The highest BCUT2D eigenvalue weighted by molar-refractivity contribution is 6.20. The molecule has 4 heterocycles. The minimum Gasteiger partial charge on any atom is -0.456 e. The molecular formula is C53H30N4O2. The van der Waals surface area contributed by atoms with Crippen molar-refractivity contribution in [1.29, 1.82) is 0 Å². The lowest BCUT2D eigenvalue weighted by Crippen LogP contribution is -2.00. The molecule has 0 unspecified atom stereocenters. The van der Waals surface area contributed by atoms with Crippen LogP contribution < -0.4 is 0 Å². The fraction of sp³-hybridized carbons (Fsp3) is 0. The first-order valence-electron chi connectivity index (χ1n) is 19.8. The van der Waals surface area contributed by atoms with Crippen molar-refractivity contribution in [3.8, 4) is 39.9 Å². The second-order valence-corrected chi connectivity index (χ2v) is 15.2. The predicted octanol–water partition coefficient (Wildman–Crippen LogP) is 14.1. The van der Waals surface area contributed by atoms with E-state index in [-0.39, 0.29) is 0 Å². The molecule has 0 spiro atoms. The minimum absolute atomic E-state index is 0.556. The van der Waals surface area contributed by atoms with Crippen LogP contribution in [-0.2, 0) is 0 Å². The number of para-hydroxylation sites is 3. The summed E-state index contributed by atoms with van der Waals surface area (Å²) in [7, 11) is 0. The Morgan fingerprint density at radius 1 is 0.356 bits per heavy atom. The lowest BCUT2D eigenvalue weighted by molar-refractivity contribution is 0.669. The molecule has 9 aromatic carbocycles. The first kappa shape index (κ1) is 32.0. The van der Waals surface area contributed by atoms with Gasteiger partial charge in [0.15, 0.2) is 17.5 Å². The molecule has 6 heteroatoms. The average molecular weight is 755 g/mol. The van der Waals surface area contributed by atoms with Crippen LogP contribution in [0.3, 0.4) is 0 Å². The molecule has 0 saturated heterocycles. The Morgan fingerprint density at radius 2 is 1.07 bits per heavy atom. The number of nitrogens with zero attached hydrogens (tertiary/aromatic N) is 4. The summed E-state index contributed by atoms with van der Waals surface area (Å²) < 4.78 is 15.3. The highest BCUT2D eigenvalue weighted by atomic mass is 16.3. The van der Waals surface area contributed by atoms with Crippen LogP contribution in [0.4, 0.5) is 0 Å². The van der Waals surface area contributed by atoms with E-state index in [1.54, 1.807) is 0 Å². The number of hydrogen-bond acceptors (Lipinski definition) is 5. The van der Waals surface area contributed by atoms with Gasteiger partial charge in [-0.05, 0) is 82.2 Å². The Kier molecular flexibility index (Phi) is 6.63. The molecule has 274 valence electrons. The Balaban J connectivity index is 0.992. The van der Waals surface area contributed by atoms with Crippen molar-refractivity contribution in [1.82, 2.24) is 19.5 Å². The largest absolute Gasteiger partial charge is 0.456 e. The van der Waals surface area contributed by atoms with Crippen molar-refractivity contribution in [3.05, 3.63) is 182 Å². The second kappa shape index (κ2) is 12.2. The molecule has 0 aliphatic heterocycles. The monoisotopic (exact) mass is 754 g/mol. The third-order valence-corrected chi connectivity index (χ3v) is 11.8. The summed E-state index contributed by atoms with van der Waals surface area (Å²) in [6.45, 7) is 0. The molecule has 0 bridgehead atoms. The van der Waals surface area contributed by atoms with Gasteiger partial charge in [-0.1, -0.05) is 121 Å². The molecule has 13 rings (SSSR count). The second-order valence-electron chi connectivity index (χ2n) is 15.2. The average Bonchev–Trinajstić information content (AvgIpc) is 3.97. The molecule has 6 nitrogen and oxygen atoms in total. The van der Waals surface area contributed by atoms with E-state index in [4.69, 9.17) is 23.8 Å². The van der Waals surface area contributed by atoms with Crippen LogP contribution in [0, 0.1) is 0 Å². The Morgan fingerprint density at radius 3 is 1.97 bits per heavy atom. The van der Waals surface area contributed by atoms with Gasteiger partial charge in [0.05, 0.1) is 16.6 Å². The number of benzene rings is 9. The maximum absolute atomic E-state index is 6.52. The number of aromatic nitrogens is 4. The van der Waals surface area contributed by atoms with Crippen molar-refractivity contribution in [3.63, 3.8) is 0 Å². The summed E-state index contributed by atoms with van der Waals surface area (Å²) in [5.74, 6) is 1.74. The molecule has 0 amide bonds. The van der Waals surface area contributed by atoms with Crippen molar-refractivity contribution in [2.45, 2.75) is 0 Å². The van der Waals surface area contributed by atoms with Crippen LogP contribution >= 0.6 is 0 Å². The number of hydrogen-bond donors (Lipinski definition) is 0. The van der Waals surface area contributed by atoms with Gasteiger partial charge in [-0.2, -0.15) is 0 Å². The van der Waals surface area contributed by atoms with Crippen LogP contribution in [-0.4, -0.2) is 19.5 Å². The molecule has 0 atom stereocenters. The maximum atomic E-state index is 6.52. The van der Waals surface area contributed by atoms with Gasteiger partial charge in [0.25, 0.3) is 0 Å². The van der Waals surface area contributed by atoms with Crippen molar-refractivity contribution < 1.29 is 8.83 Å². The first-order chi connectivity index (χ1) is 29.2. The van der Waals surface area contributed by atoms with E-state index in [9.17, 15) is 0 Å². The summed E-state index contributed by atoms with van der Waals surface area (Å²) in [5.41, 5.74) is 9.33. The van der Waals surface area contributed by atoms with E-state index >= 15 is 0 Å². The summed E-state index contributed by atoms with van der Waals surface area (Å²) in [6.07, 6.45) is 0. The first-order valence-corrected chi connectivity index (χ1v) is 19.8. The van der Waals surface area contributed by atoms with E-state index in [2.05, 4.69) is 126 Å². The summed E-state index contributed by atoms with van der Waals surface area (Å²) in [6, 6.07) is 63.4. The predicted molar refractivity (Wildman–Crippen MR) is 240 cm³/mol. The van der Waals surface area contributed by atoms with E-state index < -0.39 is 0 Å². The van der Waals surface area contributed by atoms with Gasteiger partial charge < -0.3 is 13.4 Å². The SMILES string of the molecule is c1ccc(-c2nc(-c3ccc4c(ccc5oc6ccc(-n7c8ccccc8c8cc9ccccc9cc87)cc6c54)c3)nc(-c3cccc4c3oc3ccccc34)n2)cc1. The lowest BCUT2D eigenvalue weighted by Gasteiger charge is -2.10. The van der Waals surface area contributed by atoms with Crippen molar-refractivity contribution in [2.24, 2.45) is 0 Å². The minimum atomic E-state index is 0.556. The van der Waals surface area contributed by atoms with Gasteiger partial charge in [0, 0.05) is 49.1 Å². The zero-order chi connectivity index (χ0) is 38.6. The molecule has 0 saturated carbocycles. The summed E-state index contributed by atoms with van der Waals surface area (Å²) >= 11 is 0. The van der Waals surface area contributed by atoms with Gasteiger partial charge >= 0.3 is 0 Å². The maximum Gasteiger partial charge on any atom is 0.167 e. The number of rotatable bonds is 4. The molecule has 0 aliphatic rings. The number of furan rings is 2. The zero-order valence-electron chi connectivity index (χ0n) is 31.4. The van der Waals surface area contributed by atoms with E-state index in [0.717, 1.165) is 77.0 Å². The van der Waals surface area contributed by atoms with Gasteiger partial charge in [-0.15, -0.1) is 0 Å². The molecule has 0 radical (unpaired) electrons. The van der Waals surface area contributed by atoms with E-state index in [0.29, 0.717) is 17.5 Å². The normalized spacial score (nSPS) is 12.1. The quantitative estimate of drug-likeness (QED) is 0.179. The molecule has 13 aromatic rings. The van der Waals surface area contributed by atoms with E-state index in [1.807, 2.05) is 60.7 Å². The highest BCUT2D eigenvalue weighted by Gasteiger charge is 2.20. The van der Waals surface area contributed by atoms with Crippen LogP contribution in [0.15, 0.2) is 191 Å². The van der Waals surface area contributed by atoms with Gasteiger partial charge in [0.1, 0.15) is 22.3 Å². The van der Waals surface area contributed by atoms with Crippen LogP contribution in [0.2, 0.25) is 0 Å². The standard InChI is InChI=1S/C53H30N4O2/c1-2-11-31(12-3-1)51-54-52(56-53(55-51)41-18-10-17-40-39-16-7-9-20-46(39)59-50(40)41)35-21-24-37-34(27-35)22-25-48-49(37)43-30-36(23-26-47(43)58-48)57-44-19-8-6-15-38(44)42-28-32-13-4-5-14-33(32)29-45(42)57/h1-30H. The van der Waals surface area contributed by atoms with Gasteiger partial charge in [-0.3, -0.25) is 0 Å². The molecule has 0 N–H and O–H groups in total. The highest BCUT2D eigenvalue weighted by Crippen LogP contribution is 2.41. The van der Waals surface area contributed by atoms with Crippen LogP contribution in [0.5, 0.6) is 0 Å². The fourth-order valence-corrected chi connectivity index (χ4v) is 9.07. The summed E-state index contributed by atoms with van der Waals surface area (Å²) in [5, 5.41) is 11.3.